The van der Waals surface area contributed by atoms with E-state index in [0.29, 0.717) is 18.2 Å². The molecular weight excluding hydrogens is 244 g/mol. The van der Waals surface area contributed by atoms with Crippen LogP contribution in [0.3, 0.4) is 0 Å². The molecule has 1 saturated carbocycles. The van der Waals surface area contributed by atoms with Gasteiger partial charge in [0.25, 0.3) is 0 Å². The number of aromatic nitrogens is 1. The molecule has 1 atom stereocenters. The Labute approximate surface area is 113 Å². The van der Waals surface area contributed by atoms with E-state index in [0.717, 1.165) is 24.1 Å². The lowest BCUT2D eigenvalue weighted by molar-refractivity contribution is -0.121. The van der Waals surface area contributed by atoms with E-state index >= 15 is 0 Å². The summed E-state index contributed by atoms with van der Waals surface area (Å²) in [6.07, 6.45) is 4.36. The summed E-state index contributed by atoms with van der Waals surface area (Å²) >= 11 is 0. The number of nitrogens with zero attached hydrogens (tertiary/aromatic N) is 1. The molecule has 0 saturated heterocycles. The summed E-state index contributed by atoms with van der Waals surface area (Å²) in [5.74, 6) is 0.940. The molecule has 1 aromatic rings. The Morgan fingerprint density at radius 3 is 2.74 bits per heavy atom. The zero-order valence-electron chi connectivity index (χ0n) is 11.6. The monoisotopic (exact) mass is 266 g/mol. The molecule has 0 bridgehead atoms. The molecule has 1 aliphatic carbocycles. The molecule has 0 aliphatic heterocycles. The largest absolute Gasteiger partial charge is 0.391 e. The van der Waals surface area contributed by atoms with Crippen molar-refractivity contribution in [3.8, 4) is 0 Å². The highest BCUT2D eigenvalue weighted by molar-refractivity contribution is 5.79. The first kappa shape index (κ1) is 14.1. The van der Waals surface area contributed by atoms with Crippen molar-refractivity contribution < 1.29 is 14.4 Å². The Morgan fingerprint density at radius 1 is 1.47 bits per heavy atom. The maximum Gasteiger partial charge on any atom is 0.224 e. The number of carbonyl (C=O) groups is 1. The van der Waals surface area contributed by atoms with Crippen LogP contribution in [0.4, 0.5) is 0 Å². The van der Waals surface area contributed by atoms with Crippen LogP contribution in [0.2, 0.25) is 0 Å². The minimum atomic E-state index is -0.420. The molecule has 19 heavy (non-hydrogen) atoms. The van der Waals surface area contributed by atoms with Gasteiger partial charge in [-0.2, -0.15) is 0 Å². The first-order valence-corrected chi connectivity index (χ1v) is 6.94. The van der Waals surface area contributed by atoms with E-state index in [-0.39, 0.29) is 12.3 Å². The third-order valence-electron chi connectivity index (χ3n) is 3.97. The van der Waals surface area contributed by atoms with E-state index < -0.39 is 6.10 Å². The van der Waals surface area contributed by atoms with Crippen LogP contribution >= 0.6 is 0 Å². The Morgan fingerprint density at radius 2 is 2.16 bits per heavy atom. The molecule has 1 unspecified atom stereocenters. The van der Waals surface area contributed by atoms with Gasteiger partial charge in [-0.25, -0.2) is 0 Å². The molecule has 1 heterocycles. The number of aliphatic hydroxyl groups excluding tert-OH is 1. The number of aliphatic hydroxyl groups is 1. The highest BCUT2D eigenvalue weighted by Gasteiger charge is 2.23. The van der Waals surface area contributed by atoms with Gasteiger partial charge in [0, 0.05) is 12.1 Å². The Hall–Kier alpha value is -1.36. The van der Waals surface area contributed by atoms with Gasteiger partial charge in [-0.05, 0) is 32.6 Å². The highest BCUT2D eigenvalue weighted by atomic mass is 16.5. The number of hydrogen-bond acceptors (Lipinski definition) is 4. The predicted octanol–water partition coefficient (Wildman–Crippen LogP) is 1.50. The third kappa shape index (κ3) is 3.56. The SMILES string of the molecule is Cc1noc(C)c1CC(=O)NCC(O)C1CCCC1. The second-order valence-corrected chi connectivity index (χ2v) is 5.40. The maximum atomic E-state index is 11.8. The zero-order valence-corrected chi connectivity index (χ0v) is 11.6. The minimum absolute atomic E-state index is 0.0913. The predicted molar refractivity (Wildman–Crippen MR) is 70.7 cm³/mol. The number of hydrogen-bond donors (Lipinski definition) is 2. The van der Waals surface area contributed by atoms with Gasteiger partial charge < -0.3 is 14.9 Å². The molecule has 1 aliphatic rings. The summed E-state index contributed by atoms with van der Waals surface area (Å²) in [5.41, 5.74) is 1.59. The lowest BCUT2D eigenvalue weighted by Gasteiger charge is -2.18. The molecule has 1 fully saturated rings. The van der Waals surface area contributed by atoms with E-state index in [9.17, 15) is 9.90 Å². The van der Waals surface area contributed by atoms with E-state index in [4.69, 9.17) is 4.52 Å². The number of nitrogens with one attached hydrogen (secondary N) is 1. The average molecular weight is 266 g/mol. The van der Waals surface area contributed by atoms with Gasteiger partial charge >= 0.3 is 0 Å². The van der Waals surface area contributed by atoms with Crippen molar-refractivity contribution in [2.45, 2.75) is 52.1 Å². The van der Waals surface area contributed by atoms with Crippen molar-refractivity contribution >= 4 is 5.91 Å². The summed E-state index contributed by atoms with van der Waals surface area (Å²) in [4.78, 5) is 11.8. The number of carbonyl (C=O) groups excluding carboxylic acids is 1. The van der Waals surface area contributed by atoms with Crippen LogP contribution in [-0.2, 0) is 11.2 Å². The quantitative estimate of drug-likeness (QED) is 0.847. The number of rotatable bonds is 5. The normalized spacial score (nSPS) is 17.6. The van der Waals surface area contributed by atoms with Crippen molar-refractivity contribution in [3.63, 3.8) is 0 Å². The van der Waals surface area contributed by atoms with Crippen LogP contribution in [0.15, 0.2) is 4.52 Å². The summed E-state index contributed by atoms with van der Waals surface area (Å²) < 4.78 is 5.02. The molecule has 1 amide bonds. The first-order chi connectivity index (χ1) is 9.08. The molecule has 0 radical (unpaired) electrons. The minimum Gasteiger partial charge on any atom is -0.391 e. The lowest BCUT2D eigenvalue weighted by Crippen LogP contribution is -2.36. The molecule has 5 nitrogen and oxygen atoms in total. The van der Waals surface area contributed by atoms with Crippen LogP contribution < -0.4 is 5.32 Å². The Balaban J connectivity index is 1.78. The van der Waals surface area contributed by atoms with E-state index in [1.807, 2.05) is 6.92 Å². The van der Waals surface area contributed by atoms with Crippen LogP contribution in [0.1, 0.15) is 42.7 Å². The van der Waals surface area contributed by atoms with Crippen molar-refractivity contribution in [1.82, 2.24) is 10.5 Å². The second-order valence-electron chi connectivity index (χ2n) is 5.40. The molecule has 5 heteroatoms. The van der Waals surface area contributed by atoms with Gasteiger partial charge in [0.05, 0.1) is 18.2 Å². The van der Waals surface area contributed by atoms with Crippen LogP contribution in [0.5, 0.6) is 0 Å². The summed E-state index contributed by atoms with van der Waals surface area (Å²) in [5, 5.41) is 16.6. The van der Waals surface area contributed by atoms with Crippen molar-refractivity contribution in [1.29, 1.82) is 0 Å². The summed E-state index contributed by atoms with van der Waals surface area (Å²) in [6.45, 7) is 3.97. The summed E-state index contributed by atoms with van der Waals surface area (Å²) in [6, 6.07) is 0. The van der Waals surface area contributed by atoms with Gasteiger partial charge in [-0.15, -0.1) is 0 Å². The van der Waals surface area contributed by atoms with Crippen molar-refractivity contribution in [3.05, 3.63) is 17.0 Å². The number of amides is 1. The molecule has 2 rings (SSSR count). The molecule has 1 aromatic heterocycles. The van der Waals surface area contributed by atoms with Gasteiger partial charge in [-0.1, -0.05) is 18.0 Å². The van der Waals surface area contributed by atoms with Gasteiger partial charge in [-0.3, -0.25) is 4.79 Å². The van der Waals surface area contributed by atoms with Crippen LogP contribution in [-0.4, -0.2) is 28.8 Å². The average Bonchev–Trinajstić information content (AvgIpc) is 3.01. The second kappa shape index (κ2) is 6.19. The lowest BCUT2D eigenvalue weighted by atomic mass is 10.0. The molecular formula is C14H22N2O3. The fraction of sp³-hybridized carbons (Fsp3) is 0.714. The Bertz CT molecular complexity index is 416. The molecule has 2 N–H and O–H groups in total. The summed E-state index contributed by atoms with van der Waals surface area (Å²) in [7, 11) is 0. The fourth-order valence-corrected chi connectivity index (χ4v) is 2.70. The van der Waals surface area contributed by atoms with Crippen LogP contribution in [0, 0.1) is 19.8 Å². The topological polar surface area (TPSA) is 75.4 Å². The van der Waals surface area contributed by atoms with E-state index in [1.165, 1.54) is 12.8 Å². The van der Waals surface area contributed by atoms with Gasteiger partial charge in [0.1, 0.15) is 5.76 Å². The van der Waals surface area contributed by atoms with Gasteiger partial charge in [0.15, 0.2) is 0 Å². The third-order valence-corrected chi connectivity index (χ3v) is 3.97. The first-order valence-electron chi connectivity index (χ1n) is 6.94. The van der Waals surface area contributed by atoms with Crippen molar-refractivity contribution in [2.75, 3.05) is 6.54 Å². The van der Waals surface area contributed by atoms with E-state index in [2.05, 4.69) is 10.5 Å². The van der Waals surface area contributed by atoms with Gasteiger partial charge in [0.2, 0.25) is 5.91 Å². The van der Waals surface area contributed by atoms with E-state index in [1.54, 1.807) is 6.92 Å². The molecule has 0 spiro atoms. The highest BCUT2D eigenvalue weighted by Crippen LogP contribution is 2.27. The fourth-order valence-electron chi connectivity index (χ4n) is 2.70. The Kier molecular flexibility index (Phi) is 4.58. The number of aryl methyl sites for hydroxylation is 2. The zero-order chi connectivity index (χ0) is 13.8. The standard InChI is InChI=1S/C14H22N2O3/c1-9-12(10(2)19-16-9)7-14(18)15-8-13(17)11-5-3-4-6-11/h11,13,17H,3-8H2,1-2H3,(H,15,18). The smallest absolute Gasteiger partial charge is 0.224 e. The van der Waals surface area contributed by atoms with Crippen molar-refractivity contribution in [2.24, 2.45) is 5.92 Å². The van der Waals surface area contributed by atoms with Crippen LogP contribution in [0.25, 0.3) is 0 Å². The molecule has 106 valence electrons. The maximum absolute atomic E-state index is 11.8. The molecule has 0 aromatic carbocycles.